The van der Waals surface area contributed by atoms with Crippen LogP contribution in [0, 0.1) is 0 Å². The van der Waals surface area contributed by atoms with Gasteiger partial charge in [0.05, 0.1) is 0 Å². The van der Waals surface area contributed by atoms with Gasteiger partial charge in [0.25, 0.3) is 0 Å². The molecule has 0 aliphatic heterocycles. The fraction of sp³-hybridized carbons (Fsp3) is 0.400. The average molecular weight is 347 g/mol. The quantitative estimate of drug-likeness (QED) is 0.716. The summed E-state index contributed by atoms with van der Waals surface area (Å²) in [5.74, 6) is 0.778. The molecule has 0 spiro atoms. The Bertz CT molecular complexity index is 588. The molecule has 0 aliphatic carbocycles. The van der Waals surface area contributed by atoms with Crippen molar-refractivity contribution < 1.29 is 4.74 Å². The number of hydrogen-bond acceptors (Lipinski definition) is 3. The van der Waals surface area contributed by atoms with Gasteiger partial charge in [-0.15, -0.1) is 0 Å². The Morgan fingerprint density at radius 1 is 1.00 bits per heavy atom. The van der Waals surface area contributed by atoms with E-state index >= 15 is 0 Å². The van der Waals surface area contributed by atoms with Gasteiger partial charge < -0.3 is 16.2 Å². The van der Waals surface area contributed by atoms with Crippen molar-refractivity contribution in [2.24, 2.45) is 11.5 Å². The highest BCUT2D eigenvalue weighted by Gasteiger charge is 2.22. The van der Waals surface area contributed by atoms with E-state index in [1.54, 1.807) is 0 Å². The molecule has 24 heavy (non-hydrogen) atoms. The summed E-state index contributed by atoms with van der Waals surface area (Å²) >= 11 is 5.95. The van der Waals surface area contributed by atoms with Crippen molar-refractivity contribution in [3.63, 3.8) is 0 Å². The maximum atomic E-state index is 6.44. The third kappa shape index (κ3) is 6.16. The molecule has 2 aromatic carbocycles. The van der Waals surface area contributed by atoms with Gasteiger partial charge in [-0.3, -0.25) is 0 Å². The largest absolute Gasteiger partial charge is 0.488 e. The van der Waals surface area contributed by atoms with Crippen LogP contribution in [0.1, 0.15) is 31.7 Å². The van der Waals surface area contributed by atoms with E-state index < -0.39 is 0 Å². The second-order valence-corrected chi connectivity index (χ2v) is 6.68. The molecule has 0 aliphatic rings. The number of ether oxygens (including phenoxy) is 1. The second kappa shape index (κ2) is 9.67. The highest BCUT2D eigenvalue weighted by molar-refractivity contribution is 6.30. The van der Waals surface area contributed by atoms with Crippen LogP contribution in [0.15, 0.2) is 54.6 Å². The summed E-state index contributed by atoms with van der Waals surface area (Å²) < 4.78 is 6.18. The number of benzene rings is 2. The molecule has 130 valence electrons. The van der Waals surface area contributed by atoms with Crippen LogP contribution in [0.25, 0.3) is 0 Å². The fourth-order valence-electron chi connectivity index (χ4n) is 2.80. The molecule has 4 heteroatoms. The summed E-state index contributed by atoms with van der Waals surface area (Å²) in [4.78, 5) is 0. The van der Waals surface area contributed by atoms with E-state index in [9.17, 15) is 0 Å². The van der Waals surface area contributed by atoms with Crippen molar-refractivity contribution in [3.05, 3.63) is 65.2 Å². The lowest BCUT2D eigenvalue weighted by Crippen LogP contribution is -2.44. The minimum atomic E-state index is -0.128. The SMILES string of the molecule is CCCC(N)CC(N)C(Cc1ccccc1)Oc1ccc(Cl)cc1. The maximum Gasteiger partial charge on any atom is 0.119 e. The van der Waals surface area contributed by atoms with Crippen molar-refractivity contribution in [3.8, 4) is 5.75 Å². The molecular weight excluding hydrogens is 320 g/mol. The standard InChI is InChI=1S/C20H27ClN2O/c1-2-6-17(22)14-19(23)20(13-15-7-4-3-5-8-15)24-18-11-9-16(21)10-12-18/h3-5,7-12,17,19-20H,2,6,13-14,22-23H2,1H3. The van der Waals surface area contributed by atoms with Crippen LogP contribution >= 0.6 is 11.6 Å². The van der Waals surface area contributed by atoms with E-state index in [2.05, 4.69) is 19.1 Å². The van der Waals surface area contributed by atoms with E-state index in [-0.39, 0.29) is 18.2 Å². The molecule has 4 N–H and O–H groups in total. The first kappa shape index (κ1) is 18.8. The highest BCUT2D eigenvalue weighted by atomic mass is 35.5. The van der Waals surface area contributed by atoms with Crippen molar-refractivity contribution in [2.45, 2.75) is 50.8 Å². The van der Waals surface area contributed by atoms with E-state index in [1.807, 2.05) is 42.5 Å². The Morgan fingerprint density at radius 2 is 1.67 bits per heavy atom. The molecule has 2 rings (SSSR count). The third-order valence-corrected chi connectivity index (χ3v) is 4.34. The molecule has 2 aromatic rings. The van der Waals surface area contributed by atoms with Crippen LogP contribution in [-0.2, 0) is 6.42 Å². The van der Waals surface area contributed by atoms with Gasteiger partial charge in [-0.1, -0.05) is 55.3 Å². The molecule has 0 amide bonds. The van der Waals surface area contributed by atoms with Gasteiger partial charge in [0.2, 0.25) is 0 Å². The van der Waals surface area contributed by atoms with Crippen LogP contribution in [0.3, 0.4) is 0 Å². The molecule has 3 atom stereocenters. The van der Waals surface area contributed by atoms with E-state index in [4.69, 9.17) is 27.8 Å². The molecule has 0 fully saturated rings. The lowest BCUT2D eigenvalue weighted by atomic mass is 9.95. The summed E-state index contributed by atoms with van der Waals surface area (Å²) in [6.45, 7) is 2.14. The van der Waals surface area contributed by atoms with Crippen LogP contribution in [0.4, 0.5) is 0 Å². The summed E-state index contributed by atoms with van der Waals surface area (Å²) in [6, 6.07) is 17.6. The molecule has 0 saturated carbocycles. The van der Waals surface area contributed by atoms with Crippen LogP contribution in [-0.4, -0.2) is 18.2 Å². The Hall–Kier alpha value is -1.55. The van der Waals surface area contributed by atoms with Gasteiger partial charge >= 0.3 is 0 Å². The van der Waals surface area contributed by atoms with Crippen molar-refractivity contribution in [1.29, 1.82) is 0 Å². The average Bonchev–Trinajstić information content (AvgIpc) is 2.57. The molecule has 3 nitrogen and oxygen atoms in total. The number of hydrogen-bond donors (Lipinski definition) is 2. The zero-order chi connectivity index (χ0) is 17.4. The second-order valence-electron chi connectivity index (χ2n) is 6.25. The Morgan fingerprint density at radius 3 is 2.29 bits per heavy atom. The lowest BCUT2D eigenvalue weighted by Gasteiger charge is -2.27. The van der Waals surface area contributed by atoms with Gasteiger partial charge in [0.15, 0.2) is 0 Å². The minimum absolute atomic E-state index is 0.108. The van der Waals surface area contributed by atoms with E-state index in [0.717, 1.165) is 31.4 Å². The first-order valence-electron chi connectivity index (χ1n) is 8.55. The summed E-state index contributed by atoms with van der Waals surface area (Å²) in [7, 11) is 0. The molecule has 3 unspecified atom stereocenters. The van der Waals surface area contributed by atoms with Crippen molar-refractivity contribution in [1.82, 2.24) is 0 Å². The molecule has 0 saturated heterocycles. The Balaban J connectivity index is 2.09. The molecule has 0 aromatic heterocycles. The molecule has 0 bridgehead atoms. The van der Waals surface area contributed by atoms with Crippen LogP contribution in [0.2, 0.25) is 5.02 Å². The van der Waals surface area contributed by atoms with Crippen molar-refractivity contribution in [2.75, 3.05) is 0 Å². The lowest BCUT2D eigenvalue weighted by molar-refractivity contribution is 0.161. The number of halogens is 1. The first-order valence-corrected chi connectivity index (χ1v) is 8.93. The fourth-order valence-corrected chi connectivity index (χ4v) is 2.93. The maximum absolute atomic E-state index is 6.44. The third-order valence-electron chi connectivity index (χ3n) is 4.09. The van der Waals surface area contributed by atoms with Gasteiger partial charge in [-0.2, -0.15) is 0 Å². The zero-order valence-electron chi connectivity index (χ0n) is 14.2. The van der Waals surface area contributed by atoms with Crippen LogP contribution in [0.5, 0.6) is 5.75 Å². The normalized spacial score (nSPS) is 14.8. The zero-order valence-corrected chi connectivity index (χ0v) is 15.0. The number of nitrogens with two attached hydrogens (primary N) is 2. The number of rotatable bonds is 9. The Labute approximate surface area is 150 Å². The molecule has 0 radical (unpaired) electrons. The van der Waals surface area contributed by atoms with Gasteiger partial charge in [0.1, 0.15) is 11.9 Å². The van der Waals surface area contributed by atoms with Gasteiger partial charge in [-0.05, 0) is 42.7 Å². The molecule has 0 heterocycles. The van der Waals surface area contributed by atoms with E-state index in [0.29, 0.717) is 5.02 Å². The predicted octanol–water partition coefficient (Wildman–Crippen LogP) is 4.17. The topological polar surface area (TPSA) is 61.3 Å². The minimum Gasteiger partial charge on any atom is -0.488 e. The summed E-state index contributed by atoms with van der Waals surface area (Å²) in [6.07, 6.45) is 3.42. The molecular formula is C20H27ClN2O. The van der Waals surface area contributed by atoms with E-state index in [1.165, 1.54) is 5.56 Å². The Kier molecular flexibility index (Phi) is 7.57. The predicted molar refractivity (Wildman–Crippen MR) is 101 cm³/mol. The monoisotopic (exact) mass is 346 g/mol. The smallest absolute Gasteiger partial charge is 0.119 e. The van der Waals surface area contributed by atoms with Gasteiger partial charge in [0, 0.05) is 23.5 Å². The van der Waals surface area contributed by atoms with Crippen LogP contribution < -0.4 is 16.2 Å². The van der Waals surface area contributed by atoms with Crippen molar-refractivity contribution >= 4 is 11.6 Å². The highest BCUT2D eigenvalue weighted by Crippen LogP contribution is 2.20. The first-order chi connectivity index (χ1) is 11.6. The summed E-state index contributed by atoms with van der Waals surface area (Å²) in [5, 5.41) is 0.691. The summed E-state index contributed by atoms with van der Waals surface area (Å²) in [5.41, 5.74) is 13.8. The van der Waals surface area contributed by atoms with Gasteiger partial charge in [-0.25, -0.2) is 0 Å².